The highest BCUT2D eigenvalue weighted by atomic mass is 19.1. The summed E-state index contributed by atoms with van der Waals surface area (Å²) in [6.45, 7) is 9.55. The van der Waals surface area contributed by atoms with E-state index >= 15 is 0 Å². The summed E-state index contributed by atoms with van der Waals surface area (Å²) < 4.78 is 13.2. The zero-order valence-corrected chi connectivity index (χ0v) is 12.1. The molecule has 1 N–H and O–H groups in total. The van der Waals surface area contributed by atoms with E-state index in [-0.39, 0.29) is 5.82 Å². The van der Waals surface area contributed by atoms with Gasteiger partial charge in [0, 0.05) is 6.04 Å². The van der Waals surface area contributed by atoms with Crippen molar-refractivity contribution in [3.8, 4) is 0 Å². The summed E-state index contributed by atoms with van der Waals surface area (Å²) in [5.74, 6) is 0.590. The molecule has 1 rings (SSSR count). The van der Waals surface area contributed by atoms with Gasteiger partial charge < -0.3 is 5.32 Å². The quantitative estimate of drug-likeness (QED) is 0.746. The standard InChI is InChI=1S/C16H26FN/c1-5-13(6-2)11-16(18-7-3)15-9-8-14(17)10-12(15)4/h8-10,13,16,18H,5-7,11H2,1-4H3. The Hall–Kier alpha value is -0.890. The van der Waals surface area contributed by atoms with Crippen LogP contribution in [0.25, 0.3) is 0 Å². The summed E-state index contributed by atoms with van der Waals surface area (Å²) in [5, 5.41) is 3.54. The number of nitrogens with one attached hydrogen (secondary N) is 1. The third kappa shape index (κ3) is 4.09. The molecule has 0 aliphatic rings. The first-order valence-corrected chi connectivity index (χ1v) is 7.11. The molecule has 0 aliphatic carbocycles. The van der Waals surface area contributed by atoms with Crippen LogP contribution in [0.3, 0.4) is 0 Å². The molecular weight excluding hydrogens is 225 g/mol. The van der Waals surface area contributed by atoms with E-state index in [1.165, 1.54) is 18.4 Å². The Morgan fingerprint density at radius 3 is 2.33 bits per heavy atom. The van der Waals surface area contributed by atoms with Crippen LogP contribution in [0.15, 0.2) is 18.2 Å². The summed E-state index contributed by atoms with van der Waals surface area (Å²) >= 11 is 0. The summed E-state index contributed by atoms with van der Waals surface area (Å²) in [4.78, 5) is 0. The number of rotatable bonds is 7. The second kappa shape index (κ2) is 7.52. The minimum atomic E-state index is -0.144. The molecule has 102 valence electrons. The molecule has 0 spiro atoms. The van der Waals surface area contributed by atoms with Crippen LogP contribution in [0.5, 0.6) is 0 Å². The first kappa shape index (κ1) is 15.2. The number of aryl methyl sites for hydroxylation is 1. The van der Waals surface area contributed by atoms with Crippen LogP contribution in [0.2, 0.25) is 0 Å². The molecular formula is C16H26FN. The van der Waals surface area contributed by atoms with Crippen LogP contribution < -0.4 is 5.32 Å². The van der Waals surface area contributed by atoms with Crippen molar-refractivity contribution in [2.24, 2.45) is 5.92 Å². The Kier molecular flexibility index (Phi) is 6.34. The van der Waals surface area contributed by atoms with Gasteiger partial charge in [-0.25, -0.2) is 4.39 Å². The fraction of sp³-hybridized carbons (Fsp3) is 0.625. The maximum atomic E-state index is 13.2. The highest BCUT2D eigenvalue weighted by molar-refractivity contribution is 5.29. The van der Waals surface area contributed by atoms with Crippen molar-refractivity contribution in [2.75, 3.05) is 6.54 Å². The molecule has 0 saturated carbocycles. The van der Waals surface area contributed by atoms with E-state index in [9.17, 15) is 4.39 Å². The Morgan fingerprint density at radius 1 is 1.17 bits per heavy atom. The Bertz CT molecular complexity index is 358. The van der Waals surface area contributed by atoms with Crippen LogP contribution in [0.4, 0.5) is 4.39 Å². The molecule has 0 amide bonds. The van der Waals surface area contributed by atoms with Crippen LogP contribution in [0, 0.1) is 18.7 Å². The van der Waals surface area contributed by atoms with Crippen molar-refractivity contribution in [1.82, 2.24) is 5.32 Å². The molecule has 0 bridgehead atoms. The first-order valence-electron chi connectivity index (χ1n) is 7.11. The van der Waals surface area contributed by atoms with Gasteiger partial charge in [0.15, 0.2) is 0 Å². The highest BCUT2D eigenvalue weighted by Crippen LogP contribution is 2.27. The Labute approximate surface area is 111 Å². The van der Waals surface area contributed by atoms with E-state index in [0.29, 0.717) is 6.04 Å². The van der Waals surface area contributed by atoms with Gasteiger partial charge >= 0.3 is 0 Å². The van der Waals surface area contributed by atoms with Crippen molar-refractivity contribution < 1.29 is 4.39 Å². The van der Waals surface area contributed by atoms with Gasteiger partial charge in [-0.2, -0.15) is 0 Å². The molecule has 18 heavy (non-hydrogen) atoms. The SMILES string of the molecule is CCNC(CC(CC)CC)c1ccc(F)cc1C. The van der Waals surface area contributed by atoms with Crippen LogP contribution in [0.1, 0.15) is 57.2 Å². The maximum Gasteiger partial charge on any atom is 0.123 e. The summed E-state index contributed by atoms with van der Waals surface area (Å²) in [5.41, 5.74) is 2.29. The summed E-state index contributed by atoms with van der Waals surface area (Å²) in [7, 11) is 0. The van der Waals surface area contributed by atoms with Crippen molar-refractivity contribution in [2.45, 2.75) is 53.0 Å². The molecule has 1 nitrogen and oxygen atoms in total. The van der Waals surface area contributed by atoms with E-state index < -0.39 is 0 Å². The lowest BCUT2D eigenvalue weighted by molar-refractivity contribution is 0.374. The molecule has 0 saturated heterocycles. The topological polar surface area (TPSA) is 12.0 Å². The third-order valence-electron chi connectivity index (χ3n) is 3.78. The van der Waals surface area contributed by atoms with Gasteiger partial charge in [0.2, 0.25) is 0 Å². The molecule has 0 heterocycles. The van der Waals surface area contributed by atoms with E-state index in [2.05, 4.69) is 26.1 Å². The number of hydrogen-bond acceptors (Lipinski definition) is 1. The third-order valence-corrected chi connectivity index (χ3v) is 3.78. The van der Waals surface area contributed by atoms with Crippen LogP contribution in [-0.2, 0) is 0 Å². The molecule has 0 aliphatic heterocycles. The molecule has 1 unspecified atom stereocenters. The Morgan fingerprint density at radius 2 is 1.83 bits per heavy atom. The monoisotopic (exact) mass is 251 g/mol. The van der Waals surface area contributed by atoms with E-state index in [0.717, 1.165) is 24.4 Å². The van der Waals surface area contributed by atoms with Crippen LogP contribution >= 0.6 is 0 Å². The van der Waals surface area contributed by atoms with Gasteiger partial charge in [-0.3, -0.25) is 0 Å². The van der Waals surface area contributed by atoms with Crippen molar-refractivity contribution in [1.29, 1.82) is 0 Å². The molecule has 2 heteroatoms. The van der Waals surface area contributed by atoms with Gasteiger partial charge in [0.1, 0.15) is 5.82 Å². The van der Waals surface area contributed by atoms with E-state index in [4.69, 9.17) is 0 Å². The second-order valence-electron chi connectivity index (χ2n) is 5.03. The Balaban J connectivity index is 2.89. The molecule has 1 aromatic rings. The lowest BCUT2D eigenvalue weighted by Gasteiger charge is -2.24. The minimum Gasteiger partial charge on any atom is -0.310 e. The average molecular weight is 251 g/mol. The van der Waals surface area contributed by atoms with E-state index in [1.54, 1.807) is 12.1 Å². The van der Waals surface area contributed by atoms with Gasteiger partial charge in [-0.15, -0.1) is 0 Å². The summed E-state index contributed by atoms with van der Waals surface area (Å²) in [6, 6.07) is 5.48. The van der Waals surface area contributed by atoms with Crippen LogP contribution in [-0.4, -0.2) is 6.54 Å². The highest BCUT2D eigenvalue weighted by Gasteiger charge is 2.17. The maximum absolute atomic E-state index is 13.2. The fourth-order valence-electron chi connectivity index (χ4n) is 2.55. The number of hydrogen-bond donors (Lipinski definition) is 1. The number of benzene rings is 1. The molecule has 0 radical (unpaired) electrons. The predicted octanol–water partition coefficient (Wildman–Crippen LogP) is 4.61. The van der Waals surface area contributed by atoms with Crippen molar-refractivity contribution >= 4 is 0 Å². The lowest BCUT2D eigenvalue weighted by atomic mass is 9.89. The van der Waals surface area contributed by atoms with Gasteiger partial charge in [-0.1, -0.05) is 39.7 Å². The second-order valence-corrected chi connectivity index (χ2v) is 5.03. The van der Waals surface area contributed by atoms with Gasteiger partial charge in [-0.05, 0) is 49.1 Å². The minimum absolute atomic E-state index is 0.144. The van der Waals surface area contributed by atoms with E-state index in [1.807, 2.05) is 13.0 Å². The normalized spacial score (nSPS) is 13.0. The molecule has 1 atom stereocenters. The molecule has 0 fully saturated rings. The lowest BCUT2D eigenvalue weighted by Crippen LogP contribution is -2.24. The largest absolute Gasteiger partial charge is 0.310 e. The zero-order valence-electron chi connectivity index (χ0n) is 12.1. The first-order chi connectivity index (χ1) is 8.62. The van der Waals surface area contributed by atoms with Gasteiger partial charge in [0.25, 0.3) is 0 Å². The predicted molar refractivity (Wildman–Crippen MR) is 76.2 cm³/mol. The smallest absolute Gasteiger partial charge is 0.123 e. The average Bonchev–Trinajstić information content (AvgIpc) is 2.35. The van der Waals surface area contributed by atoms with Gasteiger partial charge in [0.05, 0.1) is 0 Å². The fourth-order valence-corrected chi connectivity index (χ4v) is 2.55. The van der Waals surface area contributed by atoms with Crippen molar-refractivity contribution in [3.63, 3.8) is 0 Å². The zero-order chi connectivity index (χ0) is 13.5. The molecule has 0 aromatic heterocycles. The number of halogens is 1. The summed E-state index contributed by atoms with van der Waals surface area (Å²) in [6.07, 6.45) is 3.55. The molecule has 1 aromatic carbocycles. The van der Waals surface area contributed by atoms with Crippen molar-refractivity contribution in [3.05, 3.63) is 35.1 Å².